The van der Waals surface area contributed by atoms with E-state index in [-0.39, 0.29) is 11.9 Å². The maximum Gasteiger partial charge on any atom is 0.262 e. The van der Waals surface area contributed by atoms with E-state index >= 15 is 0 Å². The van der Waals surface area contributed by atoms with Crippen LogP contribution in [0.4, 0.5) is 0 Å². The first-order chi connectivity index (χ1) is 12.6. The number of hydrogen-bond acceptors (Lipinski definition) is 3. The molecule has 0 spiro atoms. The largest absolute Gasteiger partial charge is 0.493 e. The van der Waals surface area contributed by atoms with E-state index in [9.17, 15) is 4.79 Å². The third-order valence-electron chi connectivity index (χ3n) is 4.74. The normalized spacial score (nSPS) is 15.8. The first-order valence-corrected chi connectivity index (χ1v) is 9.69. The minimum atomic E-state index is -0.0180. The quantitative estimate of drug-likeness (QED) is 0.687. The summed E-state index contributed by atoms with van der Waals surface area (Å²) in [5.74, 6) is 0.900. The molecule has 2 heterocycles. The van der Waals surface area contributed by atoms with Crippen LogP contribution in [0.1, 0.15) is 38.8 Å². The van der Waals surface area contributed by atoms with Crippen molar-refractivity contribution >= 4 is 17.2 Å². The van der Waals surface area contributed by atoms with Crippen molar-refractivity contribution in [2.24, 2.45) is 0 Å². The Labute approximate surface area is 157 Å². The van der Waals surface area contributed by atoms with Gasteiger partial charge >= 0.3 is 0 Å². The SMILES string of the molecule is Cc1cc(C)c2c(c1)C(NC(=O)c1sccc1-c1ccccc1)CCO2. The minimum Gasteiger partial charge on any atom is -0.493 e. The van der Waals surface area contributed by atoms with Crippen LogP contribution in [0.5, 0.6) is 5.75 Å². The van der Waals surface area contributed by atoms with E-state index in [2.05, 4.69) is 31.3 Å². The molecule has 2 aromatic carbocycles. The second kappa shape index (κ2) is 6.96. The summed E-state index contributed by atoms with van der Waals surface area (Å²) >= 11 is 1.49. The number of rotatable bonds is 3. The van der Waals surface area contributed by atoms with Crippen LogP contribution in [-0.2, 0) is 0 Å². The van der Waals surface area contributed by atoms with E-state index in [1.54, 1.807) is 0 Å². The molecule has 1 aliphatic rings. The van der Waals surface area contributed by atoms with E-state index in [4.69, 9.17) is 4.74 Å². The average molecular weight is 363 g/mol. The molecule has 0 saturated heterocycles. The molecular weight excluding hydrogens is 342 g/mol. The summed E-state index contributed by atoms with van der Waals surface area (Å²) in [6.45, 7) is 4.76. The second-order valence-electron chi connectivity index (χ2n) is 6.69. The maximum atomic E-state index is 13.0. The van der Waals surface area contributed by atoms with Gasteiger partial charge < -0.3 is 10.1 Å². The van der Waals surface area contributed by atoms with Gasteiger partial charge in [-0.3, -0.25) is 4.79 Å². The number of carbonyl (C=O) groups excluding carboxylic acids is 1. The van der Waals surface area contributed by atoms with Gasteiger partial charge in [-0.2, -0.15) is 0 Å². The van der Waals surface area contributed by atoms with Crippen LogP contribution in [0.15, 0.2) is 53.9 Å². The van der Waals surface area contributed by atoms with Gasteiger partial charge in [0.2, 0.25) is 0 Å². The Balaban J connectivity index is 1.63. The van der Waals surface area contributed by atoms with Crippen LogP contribution >= 0.6 is 11.3 Å². The van der Waals surface area contributed by atoms with Gasteiger partial charge in [-0.15, -0.1) is 11.3 Å². The van der Waals surface area contributed by atoms with Gasteiger partial charge in [-0.25, -0.2) is 0 Å². The molecule has 0 radical (unpaired) electrons. The Kier molecular flexibility index (Phi) is 4.51. The van der Waals surface area contributed by atoms with Gasteiger partial charge in [0, 0.05) is 17.5 Å². The fraction of sp³-hybridized carbons (Fsp3) is 0.227. The molecule has 0 aliphatic carbocycles. The lowest BCUT2D eigenvalue weighted by atomic mass is 9.95. The van der Waals surface area contributed by atoms with Crippen molar-refractivity contribution in [1.29, 1.82) is 0 Å². The summed E-state index contributed by atoms with van der Waals surface area (Å²) in [7, 11) is 0. The number of thiophene rings is 1. The summed E-state index contributed by atoms with van der Waals surface area (Å²) in [6, 6.07) is 16.3. The molecular formula is C22H21NO2S. The standard InChI is InChI=1S/C22H21NO2S/c1-14-12-15(2)20-18(13-14)19(8-10-25-20)23-22(24)21-17(9-11-26-21)16-6-4-3-5-7-16/h3-7,9,11-13,19H,8,10H2,1-2H3,(H,23,24). The number of benzene rings is 2. The Hall–Kier alpha value is -2.59. The summed E-state index contributed by atoms with van der Waals surface area (Å²) in [4.78, 5) is 13.8. The first-order valence-electron chi connectivity index (χ1n) is 8.81. The van der Waals surface area contributed by atoms with E-state index in [0.29, 0.717) is 6.61 Å². The predicted molar refractivity (Wildman–Crippen MR) is 106 cm³/mol. The number of aryl methyl sites for hydroxylation is 2. The van der Waals surface area contributed by atoms with Crippen molar-refractivity contribution in [1.82, 2.24) is 5.32 Å². The van der Waals surface area contributed by atoms with E-state index in [1.165, 1.54) is 16.9 Å². The number of nitrogens with one attached hydrogen (secondary N) is 1. The fourth-order valence-electron chi connectivity index (χ4n) is 3.58. The van der Waals surface area contributed by atoms with Crippen molar-refractivity contribution in [3.8, 4) is 16.9 Å². The lowest BCUT2D eigenvalue weighted by Crippen LogP contribution is -2.32. The van der Waals surface area contributed by atoms with Gasteiger partial charge in [0.25, 0.3) is 5.91 Å². The van der Waals surface area contributed by atoms with Crippen molar-refractivity contribution in [2.45, 2.75) is 26.3 Å². The Bertz CT molecular complexity index is 946. The number of carbonyl (C=O) groups is 1. The molecule has 0 fully saturated rings. The highest BCUT2D eigenvalue weighted by molar-refractivity contribution is 7.12. The Morgan fingerprint density at radius 3 is 2.77 bits per heavy atom. The van der Waals surface area contributed by atoms with Gasteiger partial charge in [-0.1, -0.05) is 48.0 Å². The molecule has 0 saturated carbocycles. The molecule has 3 nitrogen and oxygen atoms in total. The maximum absolute atomic E-state index is 13.0. The highest BCUT2D eigenvalue weighted by atomic mass is 32.1. The summed E-state index contributed by atoms with van der Waals surface area (Å²) in [6.07, 6.45) is 0.785. The number of fused-ring (bicyclic) bond motifs is 1. The molecule has 1 aliphatic heterocycles. The van der Waals surface area contributed by atoms with Crippen molar-refractivity contribution in [2.75, 3.05) is 6.61 Å². The zero-order valence-electron chi connectivity index (χ0n) is 14.9. The smallest absolute Gasteiger partial charge is 0.262 e. The number of ether oxygens (including phenoxy) is 1. The molecule has 26 heavy (non-hydrogen) atoms. The van der Waals surface area contributed by atoms with Crippen molar-refractivity contribution in [3.63, 3.8) is 0 Å². The Morgan fingerprint density at radius 1 is 1.15 bits per heavy atom. The molecule has 1 aromatic heterocycles. The molecule has 3 aromatic rings. The fourth-order valence-corrected chi connectivity index (χ4v) is 4.40. The molecule has 4 rings (SSSR count). The number of hydrogen-bond donors (Lipinski definition) is 1. The molecule has 132 valence electrons. The molecule has 0 bridgehead atoms. The Morgan fingerprint density at radius 2 is 1.96 bits per heavy atom. The van der Waals surface area contributed by atoms with Gasteiger partial charge in [0.15, 0.2) is 0 Å². The van der Waals surface area contributed by atoms with Crippen LogP contribution in [-0.4, -0.2) is 12.5 Å². The lowest BCUT2D eigenvalue weighted by molar-refractivity contribution is 0.0929. The summed E-state index contributed by atoms with van der Waals surface area (Å²) in [5, 5.41) is 5.21. The molecule has 1 amide bonds. The summed E-state index contributed by atoms with van der Waals surface area (Å²) < 4.78 is 5.86. The topological polar surface area (TPSA) is 38.3 Å². The third kappa shape index (κ3) is 3.13. The highest BCUT2D eigenvalue weighted by Gasteiger charge is 2.26. The predicted octanol–water partition coefficient (Wildman–Crippen LogP) is 5.29. The van der Waals surface area contributed by atoms with Crippen LogP contribution in [0.3, 0.4) is 0 Å². The van der Waals surface area contributed by atoms with Crippen molar-refractivity contribution < 1.29 is 9.53 Å². The van der Waals surface area contributed by atoms with Crippen LogP contribution in [0.2, 0.25) is 0 Å². The van der Waals surface area contributed by atoms with E-state index in [0.717, 1.165) is 39.3 Å². The van der Waals surface area contributed by atoms with Gasteiger partial charge in [-0.05, 0) is 36.4 Å². The van der Waals surface area contributed by atoms with Crippen molar-refractivity contribution in [3.05, 3.63) is 75.5 Å². The molecule has 1 N–H and O–H groups in total. The van der Waals surface area contributed by atoms with Gasteiger partial charge in [0.1, 0.15) is 5.75 Å². The lowest BCUT2D eigenvalue weighted by Gasteiger charge is -2.28. The zero-order valence-corrected chi connectivity index (χ0v) is 15.7. The van der Waals surface area contributed by atoms with E-state index < -0.39 is 0 Å². The zero-order chi connectivity index (χ0) is 18.1. The molecule has 4 heteroatoms. The summed E-state index contributed by atoms with van der Waals surface area (Å²) in [5.41, 5.74) is 5.45. The average Bonchev–Trinajstić information content (AvgIpc) is 3.13. The molecule has 1 atom stereocenters. The van der Waals surface area contributed by atoms with Crippen LogP contribution in [0, 0.1) is 13.8 Å². The van der Waals surface area contributed by atoms with Gasteiger partial charge in [0.05, 0.1) is 17.5 Å². The van der Waals surface area contributed by atoms with Crippen LogP contribution < -0.4 is 10.1 Å². The molecule has 1 unspecified atom stereocenters. The first kappa shape index (κ1) is 16.9. The monoisotopic (exact) mass is 363 g/mol. The highest BCUT2D eigenvalue weighted by Crippen LogP contribution is 2.36. The minimum absolute atomic E-state index is 0.0177. The van der Waals surface area contributed by atoms with Crippen LogP contribution in [0.25, 0.3) is 11.1 Å². The second-order valence-corrected chi connectivity index (χ2v) is 7.61. The number of amides is 1. The third-order valence-corrected chi connectivity index (χ3v) is 5.65. The van der Waals surface area contributed by atoms with E-state index in [1.807, 2.05) is 41.8 Å².